The van der Waals surface area contributed by atoms with Crippen molar-refractivity contribution in [2.45, 2.75) is 45.1 Å². The van der Waals surface area contributed by atoms with Crippen molar-refractivity contribution in [3.05, 3.63) is 17.8 Å². The van der Waals surface area contributed by atoms with E-state index in [4.69, 9.17) is 11.5 Å². The maximum atomic E-state index is 11.6. The second-order valence-electron chi connectivity index (χ2n) is 5.70. The second kappa shape index (κ2) is 6.11. The molecule has 2 rings (SSSR count). The average Bonchev–Trinajstić information content (AvgIpc) is 2.46. The number of amides is 1. The molecule has 1 aromatic rings. The number of aromatic nitrogens is 1. The molecule has 0 radical (unpaired) electrons. The van der Waals surface area contributed by atoms with Crippen LogP contribution in [0.25, 0.3) is 0 Å². The van der Waals surface area contributed by atoms with Crippen LogP contribution < -0.4 is 16.4 Å². The van der Waals surface area contributed by atoms with Crippen molar-refractivity contribution in [2.24, 2.45) is 11.7 Å². The van der Waals surface area contributed by atoms with Crippen molar-refractivity contribution in [1.82, 2.24) is 4.98 Å². The molecule has 0 saturated heterocycles. The van der Waals surface area contributed by atoms with E-state index in [1.807, 2.05) is 7.05 Å². The van der Waals surface area contributed by atoms with Gasteiger partial charge in [-0.05, 0) is 37.7 Å². The molecule has 0 unspecified atom stereocenters. The molecule has 1 fully saturated rings. The van der Waals surface area contributed by atoms with Gasteiger partial charge >= 0.3 is 0 Å². The molecule has 20 heavy (non-hydrogen) atoms. The van der Waals surface area contributed by atoms with E-state index in [0.29, 0.717) is 23.1 Å². The molecule has 5 nitrogen and oxygen atoms in total. The number of carbonyl (C=O) groups is 1. The summed E-state index contributed by atoms with van der Waals surface area (Å²) in [6, 6.07) is 2.03. The summed E-state index contributed by atoms with van der Waals surface area (Å²) in [4.78, 5) is 18.0. The average molecular weight is 276 g/mol. The lowest BCUT2D eigenvalue weighted by Crippen LogP contribution is -2.37. The highest BCUT2D eigenvalue weighted by atomic mass is 16.1. The third-order valence-corrected chi connectivity index (χ3v) is 4.43. The molecule has 0 spiro atoms. The normalized spacial score (nSPS) is 22.5. The van der Waals surface area contributed by atoms with Crippen LogP contribution in [0.15, 0.2) is 12.3 Å². The quantitative estimate of drug-likeness (QED) is 0.882. The molecule has 5 heteroatoms. The topological polar surface area (TPSA) is 85.2 Å². The van der Waals surface area contributed by atoms with Crippen LogP contribution >= 0.6 is 0 Å². The van der Waals surface area contributed by atoms with Crippen molar-refractivity contribution in [3.63, 3.8) is 0 Å². The van der Waals surface area contributed by atoms with E-state index < -0.39 is 5.91 Å². The van der Waals surface area contributed by atoms with Gasteiger partial charge in [0, 0.05) is 13.1 Å². The minimum atomic E-state index is -0.478. The monoisotopic (exact) mass is 276 g/mol. The highest BCUT2D eigenvalue weighted by Crippen LogP contribution is 2.31. The zero-order valence-corrected chi connectivity index (χ0v) is 12.3. The van der Waals surface area contributed by atoms with E-state index in [1.165, 1.54) is 19.3 Å². The third kappa shape index (κ3) is 3.03. The number of pyridine rings is 1. The van der Waals surface area contributed by atoms with Crippen molar-refractivity contribution in [3.8, 4) is 0 Å². The fourth-order valence-electron chi connectivity index (χ4n) is 3.05. The first-order chi connectivity index (χ1) is 9.52. The summed E-state index contributed by atoms with van der Waals surface area (Å²) in [6.07, 6.45) is 7.59. The Bertz CT molecular complexity index is 481. The number of nitrogens with zero attached hydrogens (tertiary/aromatic N) is 2. The molecular weight excluding hydrogens is 252 g/mol. The van der Waals surface area contributed by atoms with Gasteiger partial charge in [-0.15, -0.1) is 0 Å². The Labute approximate surface area is 120 Å². The number of hydrogen-bond donors (Lipinski definition) is 2. The predicted molar refractivity (Wildman–Crippen MR) is 81.6 cm³/mol. The molecule has 110 valence electrons. The molecule has 0 bridgehead atoms. The molecule has 1 saturated carbocycles. The maximum Gasteiger partial charge on any atom is 0.252 e. The molecule has 1 aromatic heterocycles. The van der Waals surface area contributed by atoms with Gasteiger partial charge in [-0.1, -0.05) is 13.3 Å². The fraction of sp³-hybridized carbons (Fsp3) is 0.600. The van der Waals surface area contributed by atoms with Crippen LogP contribution in [-0.2, 0) is 0 Å². The number of rotatable bonds is 4. The SMILES string of the molecule is CCC1CCC(N(C)c2ncc(N)cc2C(N)=O)CC1. The zero-order valence-electron chi connectivity index (χ0n) is 12.3. The fourth-order valence-corrected chi connectivity index (χ4v) is 3.05. The summed E-state index contributed by atoms with van der Waals surface area (Å²) in [7, 11) is 1.99. The van der Waals surface area contributed by atoms with E-state index >= 15 is 0 Å². The summed E-state index contributed by atoms with van der Waals surface area (Å²) in [6.45, 7) is 2.25. The molecule has 0 aromatic carbocycles. The van der Waals surface area contributed by atoms with Crippen LogP contribution in [0.3, 0.4) is 0 Å². The molecule has 0 aliphatic heterocycles. The van der Waals surface area contributed by atoms with E-state index in [-0.39, 0.29) is 0 Å². The molecule has 1 aliphatic carbocycles. The molecule has 1 amide bonds. The number of anilines is 2. The first-order valence-corrected chi connectivity index (χ1v) is 7.31. The number of primary amides is 1. The summed E-state index contributed by atoms with van der Waals surface area (Å²) >= 11 is 0. The number of nitrogens with two attached hydrogens (primary N) is 2. The van der Waals surface area contributed by atoms with E-state index in [1.54, 1.807) is 12.3 Å². The number of carbonyl (C=O) groups excluding carboxylic acids is 1. The summed E-state index contributed by atoms with van der Waals surface area (Å²) in [5.74, 6) is 1.01. The Morgan fingerprint density at radius 2 is 2.05 bits per heavy atom. The Morgan fingerprint density at radius 1 is 1.40 bits per heavy atom. The van der Waals surface area contributed by atoms with Crippen molar-refractivity contribution in [1.29, 1.82) is 0 Å². The van der Waals surface area contributed by atoms with Crippen LogP contribution in [0.2, 0.25) is 0 Å². The first-order valence-electron chi connectivity index (χ1n) is 7.31. The van der Waals surface area contributed by atoms with Gasteiger partial charge in [0.2, 0.25) is 0 Å². The minimum Gasteiger partial charge on any atom is -0.397 e. The van der Waals surface area contributed by atoms with Crippen LogP contribution in [0.1, 0.15) is 49.4 Å². The van der Waals surface area contributed by atoms with Crippen LogP contribution in [0.5, 0.6) is 0 Å². The third-order valence-electron chi connectivity index (χ3n) is 4.43. The summed E-state index contributed by atoms with van der Waals surface area (Å²) < 4.78 is 0. The highest BCUT2D eigenvalue weighted by Gasteiger charge is 2.26. The highest BCUT2D eigenvalue weighted by molar-refractivity contribution is 5.98. The maximum absolute atomic E-state index is 11.6. The van der Waals surface area contributed by atoms with Gasteiger partial charge in [0.25, 0.3) is 5.91 Å². The Hall–Kier alpha value is -1.78. The van der Waals surface area contributed by atoms with Gasteiger partial charge in [0.05, 0.1) is 17.4 Å². The van der Waals surface area contributed by atoms with Crippen LogP contribution in [0, 0.1) is 5.92 Å². The van der Waals surface area contributed by atoms with Gasteiger partial charge in [-0.25, -0.2) is 4.98 Å². The predicted octanol–water partition coefficient (Wildman–Crippen LogP) is 2.17. The summed E-state index contributed by atoms with van der Waals surface area (Å²) in [5, 5.41) is 0. The largest absolute Gasteiger partial charge is 0.397 e. The smallest absolute Gasteiger partial charge is 0.252 e. The Kier molecular flexibility index (Phi) is 4.47. The molecular formula is C15H24N4O. The van der Waals surface area contributed by atoms with Crippen LogP contribution in [-0.4, -0.2) is 24.0 Å². The lowest BCUT2D eigenvalue weighted by Gasteiger charge is -2.35. The lowest BCUT2D eigenvalue weighted by atomic mass is 9.84. The van der Waals surface area contributed by atoms with Gasteiger partial charge in [-0.2, -0.15) is 0 Å². The summed E-state index contributed by atoms with van der Waals surface area (Å²) in [5.41, 5.74) is 12.0. The van der Waals surface area contributed by atoms with Crippen molar-refractivity contribution >= 4 is 17.4 Å². The Balaban J connectivity index is 2.17. The van der Waals surface area contributed by atoms with Gasteiger partial charge in [0.15, 0.2) is 0 Å². The standard InChI is InChI=1S/C15H24N4O/c1-3-10-4-6-12(7-5-10)19(2)15-13(14(17)20)8-11(16)9-18-15/h8-10,12H,3-7,16H2,1-2H3,(H2,17,20). The minimum absolute atomic E-state index is 0.408. The molecule has 0 atom stereocenters. The molecule has 1 heterocycles. The van der Waals surface area contributed by atoms with Crippen molar-refractivity contribution in [2.75, 3.05) is 17.7 Å². The van der Waals surface area contributed by atoms with E-state index in [0.717, 1.165) is 18.8 Å². The van der Waals surface area contributed by atoms with Crippen LogP contribution in [0.4, 0.5) is 11.5 Å². The zero-order chi connectivity index (χ0) is 14.7. The number of nitrogen functional groups attached to an aromatic ring is 1. The lowest BCUT2D eigenvalue weighted by molar-refractivity contribution is 0.100. The number of hydrogen-bond acceptors (Lipinski definition) is 4. The van der Waals surface area contributed by atoms with E-state index in [9.17, 15) is 4.79 Å². The van der Waals surface area contributed by atoms with Gasteiger partial charge in [0.1, 0.15) is 5.82 Å². The first kappa shape index (κ1) is 14.6. The molecule has 4 N–H and O–H groups in total. The van der Waals surface area contributed by atoms with Gasteiger partial charge < -0.3 is 16.4 Å². The second-order valence-corrected chi connectivity index (χ2v) is 5.70. The Morgan fingerprint density at radius 3 is 2.60 bits per heavy atom. The van der Waals surface area contributed by atoms with Crippen molar-refractivity contribution < 1.29 is 4.79 Å². The van der Waals surface area contributed by atoms with E-state index in [2.05, 4.69) is 16.8 Å². The van der Waals surface area contributed by atoms with Gasteiger partial charge in [-0.3, -0.25) is 4.79 Å². The molecule has 1 aliphatic rings.